The molecule has 2 fully saturated rings. The number of rotatable bonds is 1. The minimum atomic E-state index is -1.56. The van der Waals surface area contributed by atoms with Crippen LogP contribution in [0.3, 0.4) is 0 Å². The van der Waals surface area contributed by atoms with Gasteiger partial charge in [-0.25, -0.2) is 0 Å². The van der Waals surface area contributed by atoms with Crippen LogP contribution < -0.4 is 0 Å². The first kappa shape index (κ1) is 10.6. The summed E-state index contributed by atoms with van der Waals surface area (Å²) in [5.41, 5.74) is 0. The third-order valence-corrected chi connectivity index (χ3v) is 3.22. The summed E-state index contributed by atoms with van der Waals surface area (Å²) in [7, 11) is 0. The Morgan fingerprint density at radius 3 is 1.87 bits per heavy atom. The normalized spacial score (nSPS) is 33.9. The van der Waals surface area contributed by atoms with E-state index < -0.39 is 24.0 Å². The van der Waals surface area contributed by atoms with E-state index in [1.54, 1.807) is 0 Å². The first-order valence-electron chi connectivity index (χ1n) is 5.36. The van der Waals surface area contributed by atoms with Crippen molar-refractivity contribution < 1.29 is 19.8 Å². The number of likely N-dealkylation sites (tertiary alicyclic amines) is 1. The molecule has 0 aromatic heterocycles. The molecule has 0 unspecified atom stereocenters. The molecule has 2 amide bonds. The highest BCUT2D eigenvalue weighted by atomic mass is 16.4. The molecule has 1 heterocycles. The lowest BCUT2D eigenvalue weighted by Crippen LogP contribution is -2.42. The fraction of sp³-hybridized carbons (Fsp3) is 0.800. The molecule has 84 valence electrons. The molecule has 0 radical (unpaired) electrons. The topological polar surface area (TPSA) is 77.8 Å². The Balaban J connectivity index is 2.14. The van der Waals surface area contributed by atoms with Crippen molar-refractivity contribution in [3.05, 3.63) is 0 Å². The van der Waals surface area contributed by atoms with Gasteiger partial charge in [-0.15, -0.1) is 0 Å². The third-order valence-electron chi connectivity index (χ3n) is 3.22. The second-order valence-electron chi connectivity index (χ2n) is 4.23. The molecule has 2 atom stereocenters. The molecule has 1 saturated carbocycles. The second kappa shape index (κ2) is 3.90. The Kier molecular flexibility index (Phi) is 2.75. The van der Waals surface area contributed by atoms with Crippen LogP contribution in [0.2, 0.25) is 0 Å². The Morgan fingerprint density at radius 1 is 0.933 bits per heavy atom. The summed E-state index contributed by atoms with van der Waals surface area (Å²) in [6.07, 6.45) is 1.58. The SMILES string of the molecule is O=C1[C@H](O)[C@@H](O)C(=O)N1C1CCCCC1. The van der Waals surface area contributed by atoms with E-state index in [9.17, 15) is 19.8 Å². The van der Waals surface area contributed by atoms with E-state index in [0.717, 1.165) is 37.0 Å². The van der Waals surface area contributed by atoms with Crippen LogP contribution in [0.5, 0.6) is 0 Å². The average Bonchev–Trinajstić information content (AvgIpc) is 2.45. The number of hydrogen-bond donors (Lipinski definition) is 2. The highest BCUT2D eigenvalue weighted by Gasteiger charge is 2.48. The maximum Gasteiger partial charge on any atom is 0.261 e. The zero-order chi connectivity index (χ0) is 11.0. The largest absolute Gasteiger partial charge is 0.380 e. The minimum absolute atomic E-state index is 0.120. The van der Waals surface area contributed by atoms with E-state index in [0.29, 0.717) is 0 Å². The third kappa shape index (κ3) is 1.66. The lowest BCUT2D eigenvalue weighted by molar-refractivity contribution is -0.144. The minimum Gasteiger partial charge on any atom is -0.380 e. The number of carbonyl (C=O) groups is 2. The molecular weight excluding hydrogens is 198 g/mol. The van der Waals surface area contributed by atoms with Gasteiger partial charge in [-0.2, -0.15) is 0 Å². The molecule has 0 spiro atoms. The summed E-state index contributed by atoms with van der Waals surface area (Å²) in [6.45, 7) is 0. The van der Waals surface area contributed by atoms with Crippen molar-refractivity contribution in [2.45, 2.75) is 50.4 Å². The van der Waals surface area contributed by atoms with E-state index >= 15 is 0 Å². The fourth-order valence-electron chi connectivity index (χ4n) is 2.36. The molecule has 2 rings (SSSR count). The summed E-state index contributed by atoms with van der Waals surface area (Å²) in [5.74, 6) is -1.28. The number of imide groups is 1. The summed E-state index contributed by atoms with van der Waals surface area (Å²) in [6, 6.07) is -0.120. The van der Waals surface area contributed by atoms with Gasteiger partial charge in [-0.1, -0.05) is 19.3 Å². The van der Waals surface area contributed by atoms with Crippen LogP contribution in [0.25, 0.3) is 0 Å². The molecule has 1 aliphatic carbocycles. The van der Waals surface area contributed by atoms with Crippen LogP contribution >= 0.6 is 0 Å². The van der Waals surface area contributed by atoms with Crippen molar-refractivity contribution in [3.8, 4) is 0 Å². The lowest BCUT2D eigenvalue weighted by atomic mass is 9.94. The van der Waals surface area contributed by atoms with Crippen LogP contribution in [0.1, 0.15) is 32.1 Å². The van der Waals surface area contributed by atoms with Crippen LogP contribution in [0, 0.1) is 0 Å². The number of aliphatic hydroxyl groups is 2. The maximum absolute atomic E-state index is 11.5. The Bertz CT molecular complexity index is 265. The highest BCUT2D eigenvalue weighted by Crippen LogP contribution is 2.27. The van der Waals surface area contributed by atoms with E-state index in [1.807, 2.05) is 0 Å². The fourth-order valence-corrected chi connectivity index (χ4v) is 2.36. The Hall–Kier alpha value is -0.940. The number of aliphatic hydroxyl groups excluding tert-OH is 2. The molecule has 2 N–H and O–H groups in total. The second-order valence-corrected chi connectivity index (χ2v) is 4.23. The molecule has 15 heavy (non-hydrogen) atoms. The summed E-state index contributed by atoms with van der Waals surface area (Å²) >= 11 is 0. The Morgan fingerprint density at radius 2 is 1.40 bits per heavy atom. The highest BCUT2D eigenvalue weighted by molar-refractivity contribution is 6.08. The first-order valence-corrected chi connectivity index (χ1v) is 5.36. The monoisotopic (exact) mass is 213 g/mol. The van der Waals surface area contributed by atoms with E-state index in [2.05, 4.69) is 0 Å². The zero-order valence-corrected chi connectivity index (χ0v) is 8.43. The summed E-state index contributed by atoms with van der Waals surface area (Å²) in [5, 5.41) is 18.6. The molecule has 2 aliphatic rings. The van der Waals surface area contributed by atoms with Crippen molar-refractivity contribution in [1.82, 2.24) is 4.90 Å². The van der Waals surface area contributed by atoms with Gasteiger partial charge in [-0.3, -0.25) is 14.5 Å². The van der Waals surface area contributed by atoms with Gasteiger partial charge in [0.15, 0.2) is 12.2 Å². The molecule has 5 heteroatoms. The van der Waals surface area contributed by atoms with Gasteiger partial charge in [0.05, 0.1) is 0 Å². The molecular formula is C10H15NO4. The predicted molar refractivity (Wildman–Crippen MR) is 50.7 cm³/mol. The van der Waals surface area contributed by atoms with Gasteiger partial charge in [0, 0.05) is 6.04 Å². The van der Waals surface area contributed by atoms with Gasteiger partial charge in [0.2, 0.25) is 0 Å². The zero-order valence-electron chi connectivity index (χ0n) is 8.43. The van der Waals surface area contributed by atoms with Gasteiger partial charge in [0.1, 0.15) is 0 Å². The van der Waals surface area contributed by atoms with Gasteiger partial charge in [-0.05, 0) is 12.8 Å². The van der Waals surface area contributed by atoms with Gasteiger partial charge < -0.3 is 10.2 Å². The van der Waals surface area contributed by atoms with Gasteiger partial charge in [0.25, 0.3) is 11.8 Å². The van der Waals surface area contributed by atoms with Crippen molar-refractivity contribution >= 4 is 11.8 Å². The number of amides is 2. The summed E-state index contributed by atoms with van der Waals surface area (Å²) < 4.78 is 0. The molecule has 0 aromatic carbocycles. The van der Waals surface area contributed by atoms with Gasteiger partial charge >= 0.3 is 0 Å². The number of hydrogen-bond acceptors (Lipinski definition) is 4. The lowest BCUT2D eigenvalue weighted by Gasteiger charge is -2.29. The smallest absolute Gasteiger partial charge is 0.261 e. The quantitative estimate of drug-likeness (QED) is 0.571. The van der Waals surface area contributed by atoms with Crippen LogP contribution in [-0.4, -0.2) is 45.2 Å². The van der Waals surface area contributed by atoms with E-state index in [-0.39, 0.29) is 6.04 Å². The van der Waals surface area contributed by atoms with Crippen molar-refractivity contribution in [1.29, 1.82) is 0 Å². The van der Waals surface area contributed by atoms with Crippen LogP contribution in [-0.2, 0) is 9.59 Å². The van der Waals surface area contributed by atoms with Crippen molar-refractivity contribution in [2.24, 2.45) is 0 Å². The van der Waals surface area contributed by atoms with Crippen LogP contribution in [0.4, 0.5) is 0 Å². The molecule has 5 nitrogen and oxygen atoms in total. The standard InChI is InChI=1S/C10H15NO4/c12-7-8(13)10(15)11(9(7)14)6-4-2-1-3-5-6/h6-8,12-13H,1-5H2/t7-,8-/m1/s1. The number of carbonyl (C=O) groups excluding carboxylic acids is 2. The molecule has 1 aliphatic heterocycles. The molecule has 1 saturated heterocycles. The Labute approximate surface area is 87.7 Å². The molecule has 0 aromatic rings. The van der Waals surface area contributed by atoms with Crippen LogP contribution in [0.15, 0.2) is 0 Å². The van der Waals surface area contributed by atoms with Crippen molar-refractivity contribution in [2.75, 3.05) is 0 Å². The summed E-state index contributed by atoms with van der Waals surface area (Å²) in [4.78, 5) is 24.1. The maximum atomic E-state index is 11.5. The van der Waals surface area contributed by atoms with Crippen molar-refractivity contribution in [3.63, 3.8) is 0 Å². The first-order chi connectivity index (χ1) is 7.13. The molecule has 0 bridgehead atoms. The number of nitrogens with zero attached hydrogens (tertiary/aromatic N) is 1. The van der Waals surface area contributed by atoms with E-state index in [4.69, 9.17) is 0 Å². The predicted octanol–water partition coefficient (Wildman–Crippen LogP) is -0.590. The average molecular weight is 213 g/mol. The van der Waals surface area contributed by atoms with E-state index in [1.165, 1.54) is 0 Å².